The molecule has 1 atom stereocenters. The van der Waals surface area contributed by atoms with Crippen LogP contribution < -0.4 is 10.6 Å². The molecule has 0 saturated heterocycles. The summed E-state index contributed by atoms with van der Waals surface area (Å²) in [5.41, 5.74) is 0.0463. The largest absolute Gasteiger partial charge is 0.495 e. The highest BCUT2D eigenvalue weighted by Crippen LogP contribution is 2.31. The Bertz CT molecular complexity index is 348. The van der Waals surface area contributed by atoms with E-state index >= 15 is 0 Å². The first kappa shape index (κ1) is 14.9. The van der Waals surface area contributed by atoms with Crippen LogP contribution in [0.3, 0.4) is 0 Å². The van der Waals surface area contributed by atoms with Crippen LogP contribution in [0.25, 0.3) is 0 Å². The molecular weight excluding hydrogens is 245 g/mol. The zero-order chi connectivity index (χ0) is 13.8. The van der Waals surface area contributed by atoms with Crippen molar-refractivity contribution in [1.82, 2.24) is 10.6 Å². The highest BCUT2D eigenvalue weighted by Gasteiger charge is 2.40. The summed E-state index contributed by atoms with van der Waals surface area (Å²) in [6.45, 7) is 5.13. The summed E-state index contributed by atoms with van der Waals surface area (Å²) in [6, 6.07) is -0.357. The van der Waals surface area contributed by atoms with Gasteiger partial charge in [-0.1, -0.05) is 6.92 Å². The zero-order valence-corrected chi connectivity index (χ0v) is 10.8. The molecule has 104 valence electrons. The van der Waals surface area contributed by atoms with Gasteiger partial charge in [0.25, 0.3) is 0 Å². The van der Waals surface area contributed by atoms with Gasteiger partial charge in [-0.25, -0.2) is 0 Å². The van der Waals surface area contributed by atoms with Gasteiger partial charge in [-0.15, -0.1) is 0 Å². The molecule has 1 rings (SSSR count). The average Bonchev–Trinajstić information content (AvgIpc) is 2.29. The van der Waals surface area contributed by atoms with E-state index in [0.29, 0.717) is 6.54 Å². The third-order valence-corrected chi connectivity index (χ3v) is 2.74. The van der Waals surface area contributed by atoms with Crippen molar-refractivity contribution in [2.75, 3.05) is 20.2 Å². The van der Waals surface area contributed by atoms with Crippen LogP contribution in [0.1, 0.15) is 20.3 Å². The lowest BCUT2D eigenvalue weighted by atomic mass is 10.0. The second-order valence-electron chi connectivity index (χ2n) is 4.20. The summed E-state index contributed by atoms with van der Waals surface area (Å²) in [5.74, 6) is -0.158. The zero-order valence-electron chi connectivity index (χ0n) is 10.8. The quantitative estimate of drug-likeness (QED) is 0.748. The molecule has 0 bridgehead atoms. The van der Waals surface area contributed by atoms with Crippen molar-refractivity contribution in [2.45, 2.75) is 32.5 Å². The molecule has 1 aliphatic rings. The van der Waals surface area contributed by atoms with Crippen molar-refractivity contribution in [3.8, 4) is 0 Å². The maximum absolute atomic E-state index is 12.7. The van der Waals surface area contributed by atoms with Gasteiger partial charge in [0.05, 0.1) is 7.11 Å². The number of allylic oxidation sites excluding steroid dienone is 2. The number of hydrogen-bond acceptors (Lipinski definition) is 3. The summed E-state index contributed by atoms with van der Waals surface area (Å²) in [5, 5.41) is 5.62. The second kappa shape index (κ2) is 6.13. The lowest BCUT2D eigenvalue weighted by Crippen LogP contribution is -2.40. The molecule has 1 unspecified atom stereocenters. The Hall–Kier alpha value is -1.17. The fourth-order valence-electron chi connectivity index (χ4n) is 1.74. The Kier molecular flexibility index (Phi) is 5.07. The number of alkyl halides is 3. The molecule has 0 fully saturated rings. The lowest BCUT2D eigenvalue weighted by molar-refractivity contribution is -0.101. The van der Waals surface area contributed by atoms with E-state index in [-0.39, 0.29) is 11.8 Å². The molecule has 18 heavy (non-hydrogen) atoms. The maximum Gasteiger partial charge on any atom is 0.434 e. The Balaban J connectivity index is 2.88. The Morgan fingerprint density at radius 3 is 2.61 bits per heavy atom. The predicted molar refractivity (Wildman–Crippen MR) is 63.9 cm³/mol. The van der Waals surface area contributed by atoms with Gasteiger partial charge in [0, 0.05) is 12.6 Å². The van der Waals surface area contributed by atoms with Crippen LogP contribution in [0.2, 0.25) is 0 Å². The number of nitrogens with one attached hydrogen (secondary N) is 2. The van der Waals surface area contributed by atoms with Gasteiger partial charge in [0.1, 0.15) is 5.76 Å². The summed E-state index contributed by atoms with van der Waals surface area (Å²) in [4.78, 5) is 0. The van der Waals surface area contributed by atoms with Gasteiger partial charge in [-0.05, 0) is 31.5 Å². The highest BCUT2D eigenvalue weighted by atomic mass is 19.4. The van der Waals surface area contributed by atoms with Crippen LogP contribution in [0.5, 0.6) is 0 Å². The van der Waals surface area contributed by atoms with Gasteiger partial charge in [0.2, 0.25) is 0 Å². The van der Waals surface area contributed by atoms with E-state index in [1.165, 1.54) is 13.2 Å². The number of halogens is 3. The molecule has 6 heteroatoms. The van der Waals surface area contributed by atoms with Gasteiger partial charge in [-0.2, -0.15) is 13.2 Å². The number of ether oxygens (including phenoxy) is 1. The fourth-order valence-corrected chi connectivity index (χ4v) is 1.74. The van der Waals surface area contributed by atoms with E-state index in [1.54, 1.807) is 6.92 Å². The predicted octanol–water partition coefficient (Wildman–Crippen LogP) is 2.32. The fraction of sp³-hybridized carbons (Fsp3) is 0.667. The summed E-state index contributed by atoms with van der Waals surface area (Å²) < 4.78 is 43.0. The topological polar surface area (TPSA) is 33.3 Å². The number of methoxy groups -OCH3 is 1. The average molecular weight is 264 g/mol. The standard InChI is InChI=1S/C12H19F3N2O/c1-4-5-16-7-9-6-10(18-3)11(12(13,14)15)17-8(9)2/h6,8,16-17H,4-5,7H2,1-3H3. The maximum atomic E-state index is 12.7. The van der Waals surface area contributed by atoms with Crippen LogP contribution in [0, 0.1) is 0 Å². The van der Waals surface area contributed by atoms with Crippen LogP contribution in [-0.4, -0.2) is 32.4 Å². The van der Waals surface area contributed by atoms with Crippen LogP contribution >= 0.6 is 0 Å². The molecule has 1 aliphatic heterocycles. The molecule has 0 aromatic heterocycles. The van der Waals surface area contributed by atoms with E-state index in [1.807, 2.05) is 6.92 Å². The summed E-state index contributed by atoms with van der Waals surface area (Å²) >= 11 is 0. The molecular formula is C12H19F3N2O. The van der Waals surface area contributed by atoms with Gasteiger partial charge >= 0.3 is 6.18 Å². The third-order valence-electron chi connectivity index (χ3n) is 2.74. The van der Waals surface area contributed by atoms with Gasteiger partial charge < -0.3 is 15.4 Å². The van der Waals surface area contributed by atoms with Crippen molar-refractivity contribution in [2.24, 2.45) is 0 Å². The smallest absolute Gasteiger partial charge is 0.434 e. The van der Waals surface area contributed by atoms with Crippen LogP contribution in [0.15, 0.2) is 23.1 Å². The normalized spacial score (nSPS) is 20.6. The van der Waals surface area contributed by atoms with Gasteiger partial charge in [-0.3, -0.25) is 0 Å². The van der Waals surface area contributed by atoms with E-state index in [2.05, 4.69) is 10.6 Å². The Labute approximate surface area is 105 Å². The number of dihydropyridines is 1. The van der Waals surface area contributed by atoms with Crippen molar-refractivity contribution in [1.29, 1.82) is 0 Å². The number of rotatable bonds is 5. The van der Waals surface area contributed by atoms with Crippen LogP contribution in [0.4, 0.5) is 13.2 Å². The molecule has 0 aliphatic carbocycles. The monoisotopic (exact) mass is 264 g/mol. The van der Waals surface area contributed by atoms with Crippen LogP contribution in [-0.2, 0) is 4.74 Å². The SMILES string of the molecule is CCCNCC1=CC(OC)=C(C(F)(F)F)NC1C. The minimum atomic E-state index is -4.42. The molecule has 2 N–H and O–H groups in total. The van der Waals surface area contributed by atoms with Crippen molar-refractivity contribution in [3.05, 3.63) is 23.1 Å². The van der Waals surface area contributed by atoms with Gasteiger partial charge in [0.15, 0.2) is 5.70 Å². The molecule has 0 amide bonds. The molecule has 3 nitrogen and oxygen atoms in total. The third kappa shape index (κ3) is 3.66. The molecule has 0 aromatic carbocycles. The first-order valence-electron chi connectivity index (χ1n) is 5.93. The van der Waals surface area contributed by atoms with Crippen molar-refractivity contribution < 1.29 is 17.9 Å². The molecule has 0 aromatic rings. The molecule has 1 heterocycles. The van der Waals surface area contributed by atoms with E-state index in [4.69, 9.17) is 4.74 Å². The minimum Gasteiger partial charge on any atom is -0.495 e. The second-order valence-corrected chi connectivity index (χ2v) is 4.20. The van der Waals surface area contributed by atoms with Crippen molar-refractivity contribution in [3.63, 3.8) is 0 Å². The van der Waals surface area contributed by atoms with Crippen molar-refractivity contribution >= 4 is 0 Å². The molecule has 0 spiro atoms. The molecule has 0 radical (unpaired) electrons. The van der Waals surface area contributed by atoms with E-state index < -0.39 is 11.9 Å². The minimum absolute atomic E-state index is 0.158. The lowest BCUT2D eigenvalue weighted by Gasteiger charge is -2.28. The highest BCUT2D eigenvalue weighted by molar-refractivity contribution is 5.34. The van der Waals surface area contributed by atoms with E-state index in [9.17, 15) is 13.2 Å². The Morgan fingerprint density at radius 2 is 2.11 bits per heavy atom. The summed E-state index contributed by atoms with van der Waals surface area (Å²) in [7, 11) is 1.24. The number of hydrogen-bond donors (Lipinski definition) is 2. The van der Waals surface area contributed by atoms with E-state index in [0.717, 1.165) is 18.5 Å². The molecule has 0 saturated carbocycles. The first-order valence-corrected chi connectivity index (χ1v) is 5.93. The Morgan fingerprint density at radius 1 is 1.44 bits per heavy atom. The first-order chi connectivity index (χ1) is 8.40. The summed E-state index contributed by atoms with van der Waals surface area (Å²) in [6.07, 6.45) is -1.97.